The van der Waals surface area contributed by atoms with Crippen molar-refractivity contribution in [3.8, 4) is 0 Å². The summed E-state index contributed by atoms with van der Waals surface area (Å²) in [5.41, 5.74) is -0.340. The zero-order valence-electron chi connectivity index (χ0n) is 20.2. The maximum atomic E-state index is 13.1. The van der Waals surface area contributed by atoms with Crippen LogP contribution in [-0.4, -0.2) is 46.3 Å². The third-order valence-electron chi connectivity index (χ3n) is 8.49. The molecule has 2 aliphatic carbocycles. The molecule has 0 amide bonds. The summed E-state index contributed by atoms with van der Waals surface area (Å²) in [6.45, 7) is 2.02. The van der Waals surface area contributed by atoms with Crippen molar-refractivity contribution in [2.45, 2.75) is 76.4 Å². The second kappa shape index (κ2) is 10.4. The highest BCUT2D eigenvalue weighted by atomic mass is 19.4. The van der Waals surface area contributed by atoms with Crippen LogP contribution in [0, 0.1) is 17.8 Å². The molecule has 1 N–H and O–H groups in total. The molecule has 3 aliphatic rings. The Hall–Kier alpha value is -2.22. The number of rotatable bonds is 7. The standard InChI is InChI=1S/C27H35F3N4O/c28-27(29,30)21-8-11-25-24(13-21)26(33-17-32-25)31-14-23(35)12-18-15-34(16-18)22-9-6-20(7-10-22)19-4-2-1-3-5-19/h8,11,13,17-20,22H,1-7,9-10,12,14-16H2,(H,31,32,33). The Balaban J connectivity index is 1.06. The molecule has 8 heteroatoms. The van der Waals surface area contributed by atoms with E-state index in [9.17, 15) is 18.0 Å². The van der Waals surface area contributed by atoms with Crippen molar-refractivity contribution >= 4 is 22.5 Å². The fourth-order valence-electron chi connectivity index (χ4n) is 6.53. The van der Waals surface area contributed by atoms with Crippen LogP contribution >= 0.6 is 0 Å². The van der Waals surface area contributed by atoms with Crippen LogP contribution < -0.4 is 5.32 Å². The maximum Gasteiger partial charge on any atom is 0.416 e. The molecule has 5 nitrogen and oxygen atoms in total. The Bertz CT molecular complexity index is 1020. The van der Waals surface area contributed by atoms with Crippen LogP contribution in [0.1, 0.15) is 69.8 Å². The molecular weight excluding hydrogens is 453 g/mol. The van der Waals surface area contributed by atoms with Crippen molar-refractivity contribution in [1.29, 1.82) is 0 Å². The molecule has 190 valence electrons. The molecule has 0 radical (unpaired) electrons. The summed E-state index contributed by atoms with van der Waals surface area (Å²) in [5.74, 6) is 2.60. The zero-order valence-corrected chi connectivity index (χ0v) is 20.2. The van der Waals surface area contributed by atoms with Gasteiger partial charge in [0.2, 0.25) is 0 Å². The number of hydrogen-bond acceptors (Lipinski definition) is 5. The van der Waals surface area contributed by atoms with Crippen LogP contribution in [0.25, 0.3) is 10.9 Å². The minimum Gasteiger partial charge on any atom is -0.362 e. The van der Waals surface area contributed by atoms with E-state index in [0.717, 1.165) is 37.1 Å². The van der Waals surface area contributed by atoms with E-state index in [-0.39, 0.29) is 23.5 Å². The van der Waals surface area contributed by atoms with Crippen LogP contribution in [-0.2, 0) is 11.0 Å². The third-order valence-corrected chi connectivity index (χ3v) is 8.49. The second-order valence-electron chi connectivity index (χ2n) is 10.8. The number of carbonyl (C=O) groups excluding carboxylic acids is 1. The van der Waals surface area contributed by atoms with Crippen LogP contribution in [0.2, 0.25) is 0 Å². The van der Waals surface area contributed by atoms with Crippen LogP contribution in [0.5, 0.6) is 0 Å². The Morgan fingerprint density at radius 2 is 1.69 bits per heavy atom. The van der Waals surface area contributed by atoms with E-state index in [0.29, 0.717) is 23.9 Å². The summed E-state index contributed by atoms with van der Waals surface area (Å²) in [7, 11) is 0. The van der Waals surface area contributed by atoms with Crippen LogP contribution in [0.4, 0.5) is 19.0 Å². The van der Waals surface area contributed by atoms with E-state index in [4.69, 9.17) is 0 Å². The number of ketones is 1. The fraction of sp³-hybridized carbons (Fsp3) is 0.667. The van der Waals surface area contributed by atoms with E-state index < -0.39 is 11.7 Å². The van der Waals surface area contributed by atoms with Gasteiger partial charge in [-0.25, -0.2) is 9.97 Å². The van der Waals surface area contributed by atoms with Gasteiger partial charge in [-0.1, -0.05) is 32.1 Å². The first-order valence-corrected chi connectivity index (χ1v) is 13.2. The number of anilines is 1. The predicted octanol–water partition coefficient (Wildman–Crippen LogP) is 6.09. The molecule has 0 bridgehead atoms. The van der Waals surface area contributed by atoms with Gasteiger partial charge in [0.15, 0.2) is 5.78 Å². The number of carbonyl (C=O) groups is 1. The van der Waals surface area contributed by atoms with Crippen molar-refractivity contribution in [3.05, 3.63) is 30.1 Å². The Kier molecular flexibility index (Phi) is 7.28. The second-order valence-corrected chi connectivity index (χ2v) is 10.8. The lowest BCUT2D eigenvalue weighted by Gasteiger charge is -2.47. The summed E-state index contributed by atoms with van der Waals surface area (Å²) in [5, 5.41) is 3.22. The molecule has 0 unspecified atom stereocenters. The molecular formula is C27H35F3N4O. The number of alkyl halides is 3. The van der Waals surface area contributed by atoms with Crippen molar-refractivity contribution in [2.75, 3.05) is 25.0 Å². The summed E-state index contributed by atoms with van der Waals surface area (Å²) in [4.78, 5) is 23.2. The van der Waals surface area contributed by atoms with Gasteiger partial charge in [-0.2, -0.15) is 13.2 Å². The first-order valence-electron chi connectivity index (χ1n) is 13.2. The zero-order chi connectivity index (χ0) is 24.4. The Labute approximate surface area is 204 Å². The van der Waals surface area contributed by atoms with Gasteiger partial charge in [0.1, 0.15) is 12.1 Å². The maximum absolute atomic E-state index is 13.1. The highest BCUT2D eigenvalue weighted by molar-refractivity contribution is 5.91. The van der Waals surface area contributed by atoms with Crippen molar-refractivity contribution in [2.24, 2.45) is 17.8 Å². The number of likely N-dealkylation sites (tertiary alicyclic amines) is 1. The average Bonchev–Trinajstić information content (AvgIpc) is 2.84. The van der Waals surface area contributed by atoms with Gasteiger partial charge >= 0.3 is 6.18 Å². The number of fused-ring (bicyclic) bond motifs is 1. The molecule has 3 fully saturated rings. The Morgan fingerprint density at radius 3 is 2.40 bits per heavy atom. The summed E-state index contributed by atoms with van der Waals surface area (Å²) in [6.07, 6.45) is 9.81. The summed E-state index contributed by atoms with van der Waals surface area (Å²) < 4.78 is 39.3. The first kappa shape index (κ1) is 24.5. The van der Waals surface area contributed by atoms with Crippen molar-refractivity contribution in [3.63, 3.8) is 0 Å². The SMILES string of the molecule is O=C(CNc1ncnc2ccc(C(F)(F)F)cc12)CC1CN(C2CCC(C3CCCCC3)CC2)C1. The minimum absolute atomic E-state index is 0.0609. The topological polar surface area (TPSA) is 58.1 Å². The van der Waals surface area contributed by atoms with Gasteiger partial charge in [-0.05, 0) is 61.6 Å². The minimum atomic E-state index is -4.44. The molecule has 1 aliphatic heterocycles. The summed E-state index contributed by atoms with van der Waals surface area (Å²) in [6, 6.07) is 4.05. The number of hydrogen-bond donors (Lipinski definition) is 1. The lowest BCUT2D eigenvalue weighted by molar-refractivity contribution is -0.137. The van der Waals surface area contributed by atoms with Crippen LogP contribution in [0.3, 0.4) is 0 Å². The quantitative estimate of drug-likeness (QED) is 0.511. The van der Waals surface area contributed by atoms with E-state index >= 15 is 0 Å². The number of Topliss-reactive ketones (excluding diaryl/α,β-unsaturated/α-hetero) is 1. The lowest BCUT2D eigenvalue weighted by Crippen LogP contribution is -2.53. The molecule has 0 atom stereocenters. The smallest absolute Gasteiger partial charge is 0.362 e. The number of aromatic nitrogens is 2. The average molecular weight is 489 g/mol. The number of nitrogens with one attached hydrogen (secondary N) is 1. The number of benzene rings is 1. The highest BCUT2D eigenvalue weighted by Crippen LogP contribution is 2.40. The molecule has 0 spiro atoms. The molecule has 2 aromatic rings. The van der Waals surface area contributed by atoms with E-state index in [1.807, 2.05) is 0 Å². The van der Waals surface area contributed by atoms with E-state index in [2.05, 4.69) is 20.2 Å². The van der Waals surface area contributed by atoms with Gasteiger partial charge in [-0.3, -0.25) is 9.69 Å². The number of halogens is 3. The Morgan fingerprint density at radius 1 is 0.971 bits per heavy atom. The van der Waals surface area contributed by atoms with Crippen molar-refractivity contribution in [1.82, 2.24) is 14.9 Å². The van der Waals surface area contributed by atoms with E-state index in [1.54, 1.807) is 0 Å². The highest BCUT2D eigenvalue weighted by Gasteiger charge is 2.37. The van der Waals surface area contributed by atoms with Gasteiger partial charge in [0.25, 0.3) is 0 Å². The monoisotopic (exact) mass is 488 g/mol. The molecule has 1 saturated heterocycles. The largest absolute Gasteiger partial charge is 0.416 e. The molecule has 2 heterocycles. The molecule has 2 saturated carbocycles. The van der Waals surface area contributed by atoms with Crippen LogP contribution in [0.15, 0.2) is 24.5 Å². The number of nitrogens with zero attached hydrogens (tertiary/aromatic N) is 3. The van der Waals surface area contributed by atoms with E-state index in [1.165, 1.54) is 70.2 Å². The van der Waals surface area contributed by atoms with Gasteiger partial charge in [-0.15, -0.1) is 0 Å². The van der Waals surface area contributed by atoms with Gasteiger partial charge < -0.3 is 5.32 Å². The predicted molar refractivity (Wildman–Crippen MR) is 130 cm³/mol. The molecule has 5 rings (SSSR count). The van der Waals surface area contributed by atoms with Crippen molar-refractivity contribution < 1.29 is 18.0 Å². The first-order chi connectivity index (χ1) is 16.9. The summed E-state index contributed by atoms with van der Waals surface area (Å²) >= 11 is 0. The molecule has 1 aromatic carbocycles. The van der Waals surface area contributed by atoms with Gasteiger partial charge in [0, 0.05) is 30.9 Å². The van der Waals surface area contributed by atoms with Gasteiger partial charge in [0.05, 0.1) is 17.6 Å². The third kappa shape index (κ3) is 5.79. The lowest BCUT2D eigenvalue weighted by atomic mass is 9.72. The fourth-order valence-corrected chi connectivity index (χ4v) is 6.53. The normalized spacial score (nSPS) is 24.9. The molecule has 35 heavy (non-hydrogen) atoms. The molecule has 1 aromatic heterocycles.